The Morgan fingerprint density at radius 3 is 2.38 bits per heavy atom. The molecule has 24 heavy (non-hydrogen) atoms. The van der Waals surface area contributed by atoms with Crippen molar-refractivity contribution >= 4 is 11.4 Å². The summed E-state index contributed by atoms with van der Waals surface area (Å²) < 4.78 is 0. The lowest BCUT2D eigenvalue weighted by Crippen LogP contribution is -2.24. The number of non-ortho nitro benzene ring substituents is 1. The molecule has 0 fully saturated rings. The molecule has 0 aliphatic carbocycles. The van der Waals surface area contributed by atoms with Gasteiger partial charge in [0, 0.05) is 25.2 Å². The van der Waals surface area contributed by atoms with Crippen molar-refractivity contribution < 1.29 is 15.1 Å². The molecule has 1 aromatic carbocycles. The van der Waals surface area contributed by atoms with Crippen LogP contribution in [0.2, 0.25) is 0 Å². The summed E-state index contributed by atoms with van der Waals surface area (Å²) in [4.78, 5) is 11.9. The predicted molar refractivity (Wildman–Crippen MR) is 90.8 cm³/mol. The number of benzene rings is 1. The van der Waals surface area contributed by atoms with Crippen molar-refractivity contribution in [1.82, 2.24) is 4.90 Å². The van der Waals surface area contributed by atoms with Crippen molar-refractivity contribution in [2.45, 2.75) is 0 Å². The lowest BCUT2D eigenvalue weighted by molar-refractivity contribution is -0.384. The Kier molecular flexibility index (Phi) is 8.65. The normalized spacial score (nSPS) is 12.0. The fraction of sp³-hybridized carbons (Fsp3) is 0.250. The van der Waals surface area contributed by atoms with Crippen LogP contribution in [0.25, 0.3) is 0 Å². The molecule has 128 valence electrons. The van der Waals surface area contributed by atoms with Crippen LogP contribution in [0.1, 0.15) is 0 Å². The maximum Gasteiger partial charge on any atom is 0.269 e. The SMILES string of the molecule is C=CC(=CC=CN(CCO)CCO)N=Nc1ccc([N+](=O)[O-])cc1. The lowest BCUT2D eigenvalue weighted by Gasteiger charge is -2.16. The van der Waals surface area contributed by atoms with Crippen molar-refractivity contribution in [3.63, 3.8) is 0 Å². The third-order valence-corrected chi connectivity index (χ3v) is 2.89. The predicted octanol–water partition coefficient (Wildman–Crippen LogP) is 2.55. The van der Waals surface area contributed by atoms with Crippen molar-refractivity contribution in [2.75, 3.05) is 26.3 Å². The maximum atomic E-state index is 10.6. The summed E-state index contributed by atoms with van der Waals surface area (Å²) >= 11 is 0. The van der Waals surface area contributed by atoms with Gasteiger partial charge in [-0.3, -0.25) is 10.1 Å². The topological polar surface area (TPSA) is 112 Å². The third-order valence-electron chi connectivity index (χ3n) is 2.89. The Morgan fingerprint density at radius 2 is 1.88 bits per heavy atom. The van der Waals surface area contributed by atoms with E-state index in [9.17, 15) is 10.1 Å². The molecular formula is C16H20N4O4. The largest absolute Gasteiger partial charge is 0.395 e. The van der Waals surface area contributed by atoms with Gasteiger partial charge in [0.25, 0.3) is 5.69 Å². The van der Waals surface area contributed by atoms with Crippen LogP contribution in [0.15, 0.2) is 71.2 Å². The average molecular weight is 332 g/mol. The fourth-order valence-corrected chi connectivity index (χ4v) is 1.68. The lowest BCUT2D eigenvalue weighted by atomic mass is 10.3. The first-order valence-corrected chi connectivity index (χ1v) is 7.23. The second-order valence-electron chi connectivity index (χ2n) is 4.59. The van der Waals surface area contributed by atoms with Gasteiger partial charge in [-0.2, -0.15) is 10.2 Å². The summed E-state index contributed by atoms with van der Waals surface area (Å²) in [7, 11) is 0. The van der Waals surface area contributed by atoms with Crippen molar-refractivity contribution in [2.24, 2.45) is 10.2 Å². The van der Waals surface area contributed by atoms with E-state index in [1.165, 1.54) is 30.3 Å². The summed E-state index contributed by atoms with van der Waals surface area (Å²) in [6.07, 6.45) is 6.61. The van der Waals surface area contributed by atoms with Gasteiger partial charge >= 0.3 is 0 Å². The minimum absolute atomic E-state index is 0.00997. The molecule has 0 atom stereocenters. The molecule has 1 rings (SSSR count). The van der Waals surface area contributed by atoms with E-state index in [4.69, 9.17) is 10.2 Å². The highest BCUT2D eigenvalue weighted by molar-refractivity contribution is 5.43. The zero-order valence-corrected chi connectivity index (χ0v) is 13.2. The molecule has 8 heteroatoms. The first-order valence-electron chi connectivity index (χ1n) is 7.23. The van der Waals surface area contributed by atoms with E-state index in [-0.39, 0.29) is 18.9 Å². The zero-order chi connectivity index (χ0) is 17.8. The van der Waals surface area contributed by atoms with Gasteiger partial charge in [0.05, 0.1) is 29.5 Å². The molecule has 8 nitrogen and oxygen atoms in total. The van der Waals surface area contributed by atoms with Crippen LogP contribution in [0, 0.1) is 10.1 Å². The number of nitrogens with zero attached hydrogens (tertiary/aromatic N) is 4. The number of hydrogen-bond donors (Lipinski definition) is 2. The van der Waals surface area contributed by atoms with E-state index < -0.39 is 4.92 Å². The van der Waals surface area contributed by atoms with E-state index in [1.54, 1.807) is 23.3 Å². The molecule has 0 radical (unpaired) electrons. The Morgan fingerprint density at radius 1 is 1.25 bits per heavy atom. The average Bonchev–Trinajstić information content (AvgIpc) is 2.58. The molecule has 2 N–H and O–H groups in total. The van der Waals surface area contributed by atoms with Gasteiger partial charge < -0.3 is 15.1 Å². The van der Waals surface area contributed by atoms with Crippen molar-refractivity contribution in [3.05, 3.63) is 71.1 Å². The Bertz CT molecular complexity index is 617. The third kappa shape index (κ3) is 6.95. The molecule has 0 aromatic heterocycles. The molecule has 0 heterocycles. The number of rotatable bonds is 10. The monoisotopic (exact) mass is 332 g/mol. The molecule has 0 unspecified atom stereocenters. The Labute approximate surface area is 139 Å². The van der Waals surface area contributed by atoms with Crippen LogP contribution < -0.4 is 0 Å². The van der Waals surface area contributed by atoms with Gasteiger partial charge in [0.15, 0.2) is 0 Å². The standard InChI is InChI=1S/C16H20N4O4/c1-2-14(4-3-9-19(10-12-21)11-13-22)17-18-15-5-7-16(8-6-15)20(23)24/h2-9,21-22H,1,10-13H2. The molecule has 0 aliphatic heterocycles. The molecule has 0 saturated heterocycles. The minimum Gasteiger partial charge on any atom is -0.395 e. The highest BCUT2D eigenvalue weighted by Crippen LogP contribution is 2.19. The van der Waals surface area contributed by atoms with Gasteiger partial charge in [-0.1, -0.05) is 6.58 Å². The zero-order valence-electron chi connectivity index (χ0n) is 13.2. The summed E-state index contributed by atoms with van der Waals surface area (Å²) in [5, 5.41) is 36.4. The Hall–Kier alpha value is -2.84. The van der Waals surface area contributed by atoms with Gasteiger partial charge in [-0.05, 0) is 36.6 Å². The minimum atomic E-state index is -0.481. The van der Waals surface area contributed by atoms with Gasteiger partial charge in [0.1, 0.15) is 0 Å². The molecule has 0 aliphatic rings. The van der Waals surface area contributed by atoms with Gasteiger partial charge in [-0.25, -0.2) is 0 Å². The quantitative estimate of drug-likeness (QED) is 0.296. The van der Waals surface area contributed by atoms with Crippen LogP contribution >= 0.6 is 0 Å². The van der Waals surface area contributed by atoms with Crippen LogP contribution in [-0.4, -0.2) is 46.3 Å². The second-order valence-corrected chi connectivity index (χ2v) is 4.59. The number of hydrogen-bond acceptors (Lipinski definition) is 7. The number of allylic oxidation sites excluding steroid dienone is 3. The van der Waals surface area contributed by atoms with E-state index in [1.807, 2.05) is 0 Å². The maximum absolute atomic E-state index is 10.6. The van der Waals surface area contributed by atoms with Crippen LogP contribution in [0.4, 0.5) is 11.4 Å². The number of nitro benzene ring substituents is 1. The molecule has 0 spiro atoms. The number of aliphatic hydroxyl groups is 2. The smallest absolute Gasteiger partial charge is 0.269 e. The fourth-order valence-electron chi connectivity index (χ4n) is 1.68. The van der Waals surface area contributed by atoms with Crippen LogP contribution in [-0.2, 0) is 0 Å². The Balaban J connectivity index is 2.74. The molecule has 1 aromatic rings. The molecular weight excluding hydrogens is 312 g/mol. The van der Waals surface area contributed by atoms with Crippen molar-refractivity contribution in [1.29, 1.82) is 0 Å². The summed E-state index contributed by atoms with van der Waals surface area (Å²) in [5.41, 5.74) is 0.973. The first kappa shape index (κ1) is 19.2. The van der Waals surface area contributed by atoms with E-state index in [0.717, 1.165) is 0 Å². The molecule has 0 amide bonds. The highest BCUT2D eigenvalue weighted by Gasteiger charge is 2.03. The first-order chi connectivity index (χ1) is 11.6. The van der Waals surface area contributed by atoms with E-state index in [2.05, 4.69) is 16.8 Å². The number of nitro groups is 1. The van der Waals surface area contributed by atoms with Gasteiger partial charge in [0.2, 0.25) is 0 Å². The molecule has 0 bridgehead atoms. The van der Waals surface area contributed by atoms with E-state index in [0.29, 0.717) is 24.5 Å². The van der Waals surface area contributed by atoms with Gasteiger partial charge in [-0.15, -0.1) is 0 Å². The molecule has 0 saturated carbocycles. The van der Waals surface area contributed by atoms with E-state index >= 15 is 0 Å². The summed E-state index contributed by atoms with van der Waals surface area (Å²) in [5.74, 6) is 0. The van der Waals surface area contributed by atoms with Crippen molar-refractivity contribution in [3.8, 4) is 0 Å². The van der Waals surface area contributed by atoms with Crippen LogP contribution in [0.3, 0.4) is 0 Å². The summed E-state index contributed by atoms with van der Waals surface area (Å²) in [6, 6.07) is 5.71. The van der Waals surface area contributed by atoms with Crippen LogP contribution in [0.5, 0.6) is 0 Å². The second kappa shape index (κ2) is 10.8. The number of azo groups is 1. The highest BCUT2D eigenvalue weighted by atomic mass is 16.6. The summed E-state index contributed by atoms with van der Waals surface area (Å²) in [6.45, 7) is 4.45. The number of aliphatic hydroxyl groups excluding tert-OH is 2.